The van der Waals surface area contributed by atoms with Crippen LogP contribution in [0.5, 0.6) is 0 Å². The average molecular weight is 288 g/mol. The maximum Gasteiger partial charge on any atom is 0.416 e. The van der Waals surface area contributed by atoms with Crippen LogP contribution in [0.25, 0.3) is 0 Å². The normalized spacial score (nSPS) is 21.3. The van der Waals surface area contributed by atoms with Crippen molar-refractivity contribution >= 4 is 5.69 Å². The van der Waals surface area contributed by atoms with Gasteiger partial charge in [0.05, 0.1) is 12.2 Å². The van der Waals surface area contributed by atoms with Crippen molar-refractivity contribution in [1.82, 2.24) is 4.90 Å². The first-order valence-corrected chi connectivity index (χ1v) is 6.59. The Bertz CT molecular complexity index is 476. The van der Waals surface area contributed by atoms with Gasteiger partial charge in [-0.15, -0.1) is 0 Å². The molecule has 1 unspecified atom stereocenters. The summed E-state index contributed by atoms with van der Waals surface area (Å²) in [5.41, 5.74) is -0.262. The lowest BCUT2D eigenvalue weighted by atomic mass is 10.1. The summed E-state index contributed by atoms with van der Waals surface area (Å²) >= 11 is 0. The van der Waals surface area contributed by atoms with E-state index in [1.54, 1.807) is 6.07 Å². The van der Waals surface area contributed by atoms with Crippen molar-refractivity contribution in [2.45, 2.75) is 25.7 Å². The van der Waals surface area contributed by atoms with Gasteiger partial charge in [-0.1, -0.05) is 6.07 Å². The highest BCUT2D eigenvalue weighted by Crippen LogP contribution is 2.35. The molecule has 3 nitrogen and oxygen atoms in total. The summed E-state index contributed by atoms with van der Waals surface area (Å²) in [6.07, 6.45) is -4.44. The summed E-state index contributed by atoms with van der Waals surface area (Å²) < 4.78 is 39.0. The predicted octanol–water partition coefficient (Wildman–Crippen LogP) is 2.34. The second-order valence-corrected chi connectivity index (χ2v) is 5.27. The Morgan fingerprint density at radius 2 is 2.00 bits per heavy atom. The Labute approximate surface area is 116 Å². The summed E-state index contributed by atoms with van der Waals surface area (Å²) in [6, 6.07) is 4.46. The van der Waals surface area contributed by atoms with E-state index in [9.17, 15) is 13.2 Å². The number of aliphatic hydroxyl groups excluding tert-OH is 1. The van der Waals surface area contributed by atoms with E-state index in [2.05, 4.69) is 11.8 Å². The fourth-order valence-electron chi connectivity index (χ4n) is 2.45. The third kappa shape index (κ3) is 3.07. The molecule has 0 saturated carbocycles. The zero-order chi connectivity index (χ0) is 14.9. The van der Waals surface area contributed by atoms with Crippen molar-refractivity contribution in [2.75, 3.05) is 31.6 Å². The van der Waals surface area contributed by atoms with E-state index >= 15 is 0 Å². The summed E-state index contributed by atoms with van der Waals surface area (Å²) in [6.45, 7) is 3.68. The lowest BCUT2D eigenvalue weighted by molar-refractivity contribution is -0.138. The minimum atomic E-state index is -4.44. The van der Waals surface area contributed by atoms with E-state index in [0.717, 1.165) is 12.6 Å². The van der Waals surface area contributed by atoms with Crippen molar-refractivity contribution in [3.8, 4) is 0 Å². The smallest absolute Gasteiger partial charge is 0.392 e. The molecule has 6 heteroatoms. The molecule has 1 aliphatic rings. The largest absolute Gasteiger partial charge is 0.416 e. The minimum absolute atomic E-state index is 0.0802. The molecule has 0 spiro atoms. The van der Waals surface area contributed by atoms with Gasteiger partial charge in [-0.2, -0.15) is 13.2 Å². The van der Waals surface area contributed by atoms with Crippen molar-refractivity contribution in [3.63, 3.8) is 0 Å². The fraction of sp³-hybridized carbons (Fsp3) is 0.571. The van der Waals surface area contributed by atoms with Crippen molar-refractivity contribution < 1.29 is 18.3 Å². The van der Waals surface area contributed by atoms with Crippen LogP contribution in [0.2, 0.25) is 0 Å². The van der Waals surface area contributed by atoms with E-state index in [1.165, 1.54) is 6.07 Å². The summed E-state index contributed by atoms with van der Waals surface area (Å²) in [7, 11) is 2.01. The highest BCUT2D eigenvalue weighted by molar-refractivity contribution is 5.52. The van der Waals surface area contributed by atoms with Crippen LogP contribution < -0.4 is 4.90 Å². The van der Waals surface area contributed by atoms with Gasteiger partial charge in [-0.05, 0) is 31.7 Å². The lowest BCUT2D eigenvalue weighted by Gasteiger charge is -2.39. The molecule has 1 aromatic carbocycles. The molecule has 0 radical (unpaired) electrons. The van der Waals surface area contributed by atoms with Crippen LogP contribution in [0.3, 0.4) is 0 Å². The molecule has 112 valence electrons. The SMILES string of the molecule is CC1CN(c2ccc(CO)c(C(F)(F)F)c2)CCN1C. The van der Waals surface area contributed by atoms with Crippen molar-refractivity contribution in [2.24, 2.45) is 0 Å². The molecular formula is C14H19F3N2O. The quantitative estimate of drug-likeness (QED) is 0.905. The van der Waals surface area contributed by atoms with Gasteiger partial charge in [0.2, 0.25) is 0 Å². The number of benzene rings is 1. The maximum atomic E-state index is 13.0. The second kappa shape index (κ2) is 5.61. The highest BCUT2D eigenvalue weighted by Gasteiger charge is 2.34. The number of likely N-dealkylation sites (N-methyl/N-ethyl adjacent to an activating group) is 1. The number of nitrogens with zero attached hydrogens (tertiary/aromatic N) is 2. The number of halogens is 3. The molecule has 1 saturated heterocycles. The topological polar surface area (TPSA) is 26.7 Å². The number of anilines is 1. The van der Waals surface area contributed by atoms with E-state index in [0.29, 0.717) is 24.8 Å². The fourth-order valence-corrected chi connectivity index (χ4v) is 2.45. The van der Waals surface area contributed by atoms with Crippen LogP contribution in [-0.2, 0) is 12.8 Å². The maximum absolute atomic E-state index is 13.0. The van der Waals surface area contributed by atoms with Gasteiger partial charge in [-0.25, -0.2) is 0 Å². The third-order valence-electron chi connectivity index (χ3n) is 3.89. The number of piperazine rings is 1. The zero-order valence-corrected chi connectivity index (χ0v) is 11.6. The van der Waals surface area contributed by atoms with Crippen LogP contribution in [0.15, 0.2) is 18.2 Å². The van der Waals surface area contributed by atoms with E-state index in [4.69, 9.17) is 5.11 Å². The average Bonchev–Trinajstić information content (AvgIpc) is 2.40. The van der Waals surface area contributed by atoms with Gasteiger partial charge >= 0.3 is 6.18 Å². The lowest BCUT2D eigenvalue weighted by Crippen LogP contribution is -2.50. The first-order valence-electron chi connectivity index (χ1n) is 6.59. The number of rotatable bonds is 2. The molecule has 1 aliphatic heterocycles. The Kier molecular flexibility index (Phi) is 4.25. The molecule has 1 atom stereocenters. The molecular weight excluding hydrogens is 269 g/mol. The molecule has 20 heavy (non-hydrogen) atoms. The number of hydrogen-bond acceptors (Lipinski definition) is 3. The van der Waals surface area contributed by atoms with Gasteiger partial charge in [0, 0.05) is 31.4 Å². The van der Waals surface area contributed by atoms with E-state index in [1.807, 2.05) is 11.9 Å². The van der Waals surface area contributed by atoms with Gasteiger partial charge in [0.25, 0.3) is 0 Å². The summed E-state index contributed by atoms with van der Waals surface area (Å²) in [5.74, 6) is 0. The molecule has 0 bridgehead atoms. The van der Waals surface area contributed by atoms with Gasteiger partial charge in [0.1, 0.15) is 0 Å². The second-order valence-electron chi connectivity index (χ2n) is 5.27. The van der Waals surface area contributed by atoms with Gasteiger partial charge < -0.3 is 14.9 Å². The number of alkyl halides is 3. The van der Waals surface area contributed by atoms with Gasteiger partial charge in [-0.3, -0.25) is 0 Å². The molecule has 2 rings (SSSR count). The predicted molar refractivity (Wildman–Crippen MR) is 71.7 cm³/mol. The third-order valence-corrected chi connectivity index (χ3v) is 3.89. The Morgan fingerprint density at radius 1 is 1.30 bits per heavy atom. The van der Waals surface area contributed by atoms with E-state index < -0.39 is 18.3 Å². The van der Waals surface area contributed by atoms with Crippen LogP contribution in [0.1, 0.15) is 18.1 Å². The summed E-state index contributed by atoms with van der Waals surface area (Å²) in [5, 5.41) is 9.04. The molecule has 1 fully saturated rings. The minimum Gasteiger partial charge on any atom is -0.392 e. The number of aliphatic hydroxyl groups is 1. The van der Waals surface area contributed by atoms with E-state index in [-0.39, 0.29) is 5.56 Å². The molecule has 1 heterocycles. The first kappa shape index (κ1) is 15.1. The molecule has 0 amide bonds. The van der Waals surface area contributed by atoms with Crippen LogP contribution in [0, 0.1) is 0 Å². The Hall–Kier alpha value is -1.27. The molecule has 1 N–H and O–H groups in total. The van der Waals surface area contributed by atoms with Crippen molar-refractivity contribution in [3.05, 3.63) is 29.3 Å². The molecule has 1 aromatic rings. The summed E-state index contributed by atoms with van der Waals surface area (Å²) in [4.78, 5) is 4.14. The Balaban J connectivity index is 2.30. The van der Waals surface area contributed by atoms with Crippen LogP contribution in [-0.4, -0.2) is 42.7 Å². The molecule has 0 aliphatic carbocycles. The van der Waals surface area contributed by atoms with Crippen molar-refractivity contribution in [1.29, 1.82) is 0 Å². The first-order chi connectivity index (χ1) is 9.32. The van der Waals surface area contributed by atoms with Crippen LogP contribution >= 0.6 is 0 Å². The van der Waals surface area contributed by atoms with Crippen LogP contribution in [0.4, 0.5) is 18.9 Å². The standard InChI is InChI=1S/C14H19F3N2O/c1-10-8-19(6-5-18(10)2)12-4-3-11(9-20)13(7-12)14(15,16)17/h3-4,7,10,20H,5-6,8-9H2,1-2H3. The monoisotopic (exact) mass is 288 g/mol. The Morgan fingerprint density at radius 3 is 2.55 bits per heavy atom. The number of hydrogen-bond donors (Lipinski definition) is 1. The van der Waals surface area contributed by atoms with Gasteiger partial charge in [0.15, 0.2) is 0 Å². The highest BCUT2D eigenvalue weighted by atomic mass is 19.4. The zero-order valence-electron chi connectivity index (χ0n) is 11.6. The molecule has 0 aromatic heterocycles.